The standard InChI is InChI=1S/C26H41N5O4/c1-10-11-12-30(24(33)27-18-13-19(34-8)15-20(14-18)35-9)17-23(32)28-22-16-21(25(2,3)4)29-31(22)26(5,6)7/h13-16H,10-12,17H2,1-9H3,(H,27,33)(H,28,32). The van der Waals surface area contributed by atoms with E-state index in [0.717, 1.165) is 18.5 Å². The highest BCUT2D eigenvalue weighted by molar-refractivity contribution is 5.96. The van der Waals surface area contributed by atoms with Crippen LogP contribution >= 0.6 is 0 Å². The number of nitrogens with one attached hydrogen (secondary N) is 2. The molecule has 3 amide bonds. The summed E-state index contributed by atoms with van der Waals surface area (Å²) in [5.41, 5.74) is 0.918. The summed E-state index contributed by atoms with van der Waals surface area (Å²) in [6.07, 6.45) is 1.67. The first-order chi connectivity index (χ1) is 16.3. The third kappa shape index (κ3) is 7.90. The van der Waals surface area contributed by atoms with E-state index < -0.39 is 0 Å². The van der Waals surface area contributed by atoms with Gasteiger partial charge in [0.05, 0.1) is 25.5 Å². The first-order valence-corrected chi connectivity index (χ1v) is 12.0. The lowest BCUT2D eigenvalue weighted by Gasteiger charge is -2.25. The predicted octanol–water partition coefficient (Wildman–Crippen LogP) is 5.23. The number of benzene rings is 1. The van der Waals surface area contributed by atoms with Crippen molar-refractivity contribution in [3.05, 3.63) is 30.0 Å². The zero-order valence-corrected chi connectivity index (χ0v) is 22.6. The molecular formula is C26H41N5O4. The zero-order chi connectivity index (χ0) is 26.4. The van der Waals surface area contributed by atoms with E-state index in [9.17, 15) is 9.59 Å². The molecule has 0 spiro atoms. The number of nitrogens with zero attached hydrogens (tertiary/aromatic N) is 3. The number of carbonyl (C=O) groups excluding carboxylic acids is 2. The van der Waals surface area contributed by atoms with Crippen LogP contribution in [0.25, 0.3) is 0 Å². The van der Waals surface area contributed by atoms with Crippen LogP contribution in [-0.2, 0) is 15.7 Å². The van der Waals surface area contributed by atoms with Crippen molar-refractivity contribution in [1.82, 2.24) is 14.7 Å². The minimum Gasteiger partial charge on any atom is -0.497 e. The zero-order valence-electron chi connectivity index (χ0n) is 22.6. The molecule has 2 rings (SSSR count). The molecule has 35 heavy (non-hydrogen) atoms. The van der Waals surface area contributed by atoms with Crippen LogP contribution in [0.2, 0.25) is 0 Å². The van der Waals surface area contributed by atoms with Crippen LogP contribution in [-0.4, -0.2) is 53.9 Å². The summed E-state index contributed by atoms with van der Waals surface area (Å²) < 4.78 is 12.4. The highest BCUT2D eigenvalue weighted by Crippen LogP contribution is 2.28. The molecule has 1 heterocycles. The molecule has 0 atom stereocenters. The summed E-state index contributed by atoms with van der Waals surface area (Å²) in [6, 6.07) is 6.66. The first-order valence-electron chi connectivity index (χ1n) is 12.0. The minimum atomic E-state index is -0.372. The van der Waals surface area contributed by atoms with Crippen molar-refractivity contribution in [2.45, 2.75) is 72.3 Å². The second-order valence-electron chi connectivity index (χ2n) is 10.6. The molecule has 0 radical (unpaired) electrons. The van der Waals surface area contributed by atoms with Crippen LogP contribution in [0.5, 0.6) is 11.5 Å². The van der Waals surface area contributed by atoms with Crippen LogP contribution in [0.1, 0.15) is 67.0 Å². The number of hydrogen-bond donors (Lipinski definition) is 2. The maximum Gasteiger partial charge on any atom is 0.322 e. The van der Waals surface area contributed by atoms with Gasteiger partial charge in [0.25, 0.3) is 0 Å². The summed E-state index contributed by atoms with van der Waals surface area (Å²) in [4.78, 5) is 27.7. The molecule has 1 aromatic carbocycles. The average molecular weight is 488 g/mol. The monoisotopic (exact) mass is 487 g/mol. The average Bonchev–Trinajstić information content (AvgIpc) is 3.21. The van der Waals surface area contributed by atoms with E-state index in [4.69, 9.17) is 14.6 Å². The molecule has 0 aliphatic rings. The summed E-state index contributed by atoms with van der Waals surface area (Å²) in [5, 5.41) is 10.6. The van der Waals surface area contributed by atoms with Crippen molar-refractivity contribution in [3.63, 3.8) is 0 Å². The summed E-state index contributed by atoms with van der Waals surface area (Å²) in [5.74, 6) is 1.44. The second kappa shape index (κ2) is 11.5. The Morgan fingerprint density at radius 1 is 0.971 bits per heavy atom. The lowest BCUT2D eigenvalue weighted by Crippen LogP contribution is -2.41. The van der Waals surface area contributed by atoms with Crippen molar-refractivity contribution in [2.75, 3.05) is 37.9 Å². The number of ether oxygens (including phenoxy) is 2. The Labute approximate surface area is 209 Å². The van der Waals surface area contributed by atoms with Crippen molar-refractivity contribution in [1.29, 1.82) is 0 Å². The molecule has 9 heteroatoms. The molecule has 0 aliphatic heterocycles. The smallest absolute Gasteiger partial charge is 0.322 e. The van der Waals surface area contributed by atoms with Gasteiger partial charge in [-0.2, -0.15) is 5.10 Å². The van der Waals surface area contributed by atoms with E-state index >= 15 is 0 Å². The normalized spacial score (nSPS) is 11.7. The number of carbonyl (C=O) groups is 2. The lowest BCUT2D eigenvalue weighted by atomic mass is 9.92. The van der Waals surface area contributed by atoms with Crippen LogP contribution in [0.15, 0.2) is 24.3 Å². The van der Waals surface area contributed by atoms with Gasteiger partial charge in [0.15, 0.2) is 0 Å². The Hall–Kier alpha value is -3.23. The Morgan fingerprint density at radius 3 is 2.06 bits per heavy atom. The Bertz CT molecular complexity index is 995. The van der Waals surface area contributed by atoms with Gasteiger partial charge in [-0.3, -0.25) is 4.79 Å². The third-order valence-corrected chi connectivity index (χ3v) is 5.39. The van der Waals surface area contributed by atoms with Crippen LogP contribution in [0.4, 0.5) is 16.3 Å². The summed E-state index contributed by atoms with van der Waals surface area (Å²) in [6.45, 7) is 14.7. The number of amides is 3. The van der Waals surface area contributed by atoms with E-state index in [2.05, 4.69) is 31.4 Å². The third-order valence-electron chi connectivity index (χ3n) is 5.39. The predicted molar refractivity (Wildman–Crippen MR) is 140 cm³/mol. The van der Waals surface area contributed by atoms with Gasteiger partial charge in [-0.05, 0) is 27.2 Å². The fourth-order valence-electron chi connectivity index (χ4n) is 3.39. The Morgan fingerprint density at radius 2 is 1.57 bits per heavy atom. The number of unbranched alkanes of at least 4 members (excludes halogenated alkanes) is 1. The lowest BCUT2D eigenvalue weighted by molar-refractivity contribution is -0.116. The SMILES string of the molecule is CCCCN(CC(=O)Nc1cc(C(C)(C)C)nn1C(C)(C)C)C(=O)Nc1cc(OC)cc(OC)c1. The van der Waals surface area contributed by atoms with Crippen LogP contribution in [0, 0.1) is 0 Å². The van der Waals surface area contributed by atoms with Gasteiger partial charge in [0.1, 0.15) is 23.9 Å². The minimum absolute atomic E-state index is 0.0902. The second-order valence-corrected chi connectivity index (χ2v) is 10.6. The molecule has 194 valence electrons. The van der Waals surface area contributed by atoms with Crippen molar-refractivity contribution >= 4 is 23.4 Å². The fourth-order valence-corrected chi connectivity index (χ4v) is 3.39. The Kier molecular flexibility index (Phi) is 9.18. The molecule has 0 bridgehead atoms. The van der Waals surface area contributed by atoms with E-state index in [1.165, 1.54) is 4.90 Å². The fraction of sp³-hybridized carbons (Fsp3) is 0.577. The molecule has 1 aromatic heterocycles. The van der Waals surface area contributed by atoms with E-state index in [-0.39, 0.29) is 29.4 Å². The molecule has 0 fully saturated rings. The largest absolute Gasteiger partial charge is 0.497 e. The van der Waals surface area contributed by atoms with E-state index in [1.54, 1.807) is 32.4 Å². The van der Waals surface area contributed by atoms with E-state index in [1.807, 2.05) is 38.4 Å². The van der Waals surface area contributed by atoms with Gasteiger partial charge < -0.3 is 25.0 Å². The number of urea groups is 1. The number of methoxy groups -OCH3 is 2. The summed E-state index contributed by atoms with van der Waals surface area (Å²) >= 11 is 0. The van der Waals surface area contributed by atoms with Crippen LogP contribution < -0.4 is 20.1 Å². The van der Waals surface area contributed by atoms with Crippen molar-refractivity contribution in [2.24, 2.45) is 0 Å². The molecule has 0 saturated heterocycles. The van der Waals surface area contributed by atoms with Crippen molar-refractivity contribution < 1.29 is 19.1 Å². The highest BCUT2D eigenvalue weighted by atomic mass is 16.5. The van der Waals surface area contributed by atoms with Gasteiger partial charge in [0.2, 0.25) is 5.91 Å². The van der Waals surface area contributed by atoms with Gasteiger partial charge in [-0.1, -0.05) is 34.1 Å². The molecular weight excluding hydrogens is 446 g/mol. The Balaban J connectivity index is 2.22. The van der Waals surface area contributed by atoms with E-state index in [0.29, 0.717) is 29.5 Å². The molecule has 2 N–H and O–H groups in total. The van der Waals surface area contributed by atoms with Gasteiger partial charge in [-0.25, -0.2) is 9.48 Å². The first kappa shape index (κ1) is 28.0. The maximum absolute atomic E-state index is 13.1. The molecule has 0 aliphatic carbocycles. The van der Waals surface area contributed by atoms with Gasteiger partial charge >= 0.3 is 6.03 Å². The van der Waals surface area contributed by atoms with Crippen molar-refractivity contribution in [3.8, 4) is 11.5 Å². The van der Waals surface area contributed by atoms with Gasteiger partial charge in [0, 0.05) is 41.9 Å². The van der Waals surface area contributed by atoms with Crippen LogP contribution in [0.3, 0.4) is 0 Å². The maximum atomic E-state index is 13.1. The molecule has 0 unspecified atom stereocenters. The molecule has 0 saturated carbocycles. The topological polar surface area (TPSA) is 97.7 Å². The van der Waals surface area contributed by atoms with Gasteiger partial charge in [-0.15, -0.1) is 0 Å². The quantitative estimate of drug-likeness (QED) is 0.505. The summed E-state index contributed by atoms with van der Waals surface area (Å²) in [7, 11) is 3.09. The number of rotatable bonds is 9. The number of anilines is 2. The highest BCUT2D eigenvalue weighted by Gasteiger charge is 2.26. The molecule has 9 nitrogen and oxygen atoms in total. The number of aromatic nitrogens is 2. The number of hydrogen-bond acceptors (Lipinski definition) is 5. The molecule has 2 aromatic rings.